The van der Waals surface area contributed by atoms with E-state index in [9.17, 15) is 0 Å². The van der Waals surface area contributed by atoms with Crippen LogP contribution in [0.15, 0.2) is 18.2 Å². The molecular formula is C12H16N4O2. The van der Waals surface area contributed by atoms with Crippen molar-refractivity contribution in [1.82, 2.24) is 14.8 Å². The largest absolute Gasteiger partial charge is 0.493 e. The predicted molar refractivity (Wildman–Crippen MR) is 67.8 cm³/mol. The van der Waals surface area contributed by atoms with Gasteiger partial charge in [0.05, 0.1) is 14.2 Å². The number of rotatable bonds is 4. The van der Waals surface area contributed by atoms with Crippen molar-refractivity contribution in [3.8, 4) is 11.5 Å². The van der Waals surface area contributed by atoms with E-state index in [2.05, 4.69) is 10.1 Å². The second kappa shape index (κ2) is 4.95. The molecule has 0 amide bonds. The molecule has 96 valence electrons. The third-order valence-corrected chi connectivity index (χ3v) is 2.68. The SMILES string of the molecule is COc1ccc(Cc2nc(N)nn2C)cc1OC. The molecule has 2 aromatic rings. The van der Waals surface area contributed by atoms with Crippen LogP contribution in [0.3, 0.4) is 0 Å². The molecular weight excluding hydrogens is 232 g/mol. The molecule has 1 aromatic carbocycles. The van der Waals surface area contributed by atoms with E-state index in [-0.39, 0.29) is 5.95 Å². The third kappa shape index (κ3) is 2.37. The number of methoxy groups -OCH3 is 2. The summed E-state index contributed by atoms with van der Waals surface area (Å²) >= 11 is 0. The highest BCUT2D eigenvalue weighted by molar-refractivity contribution is 5.43. The Balaban J connectivity index is 2.27. The van der Waals surface area contributed by atoms with E-state index >= 15 is 0 Å². The van der Waals surface area contributed by atoms with Gasteiger partial charge in [-0.1, -0.05) is 6.07 Å². The van der Waals surface area contributed by atoms with Crippen molar-refractivity contribution in [3.05, 3.63) is 29.6 Å². The molecule has 0 atom stereocenters. The molecule has 0 aliphatic heterocycles. The summed E-state index contributed by atoms with van der Waals surface area (Å²) in [4.78, 5) is 4.16. The van der Waals surface area contributed by atoms with Crippen LogP contribution in [0.4, 0.5) is 5.95 Å². The van der Waals surface area contributed by atoms with Gasteiger partial charge in [0.2, 0.25) is 5.95 Å². The summed E-state index contributed by atoms with van der Waals surface area (Å²) in [6.07, 6.45) is 0.640. The van der Waals surface area contributed by atoms with E-state index in [1.807, 2.05) is 25.2 Å². The van der Waals surface area contributed by atoms with Crippen LogP contribution in [-0.2, 0) is 13.5 Å². The van der Waals surface area contributed by atoms with Gasteiger partial charge in [0.1, 0.15) is 5.82 Å². The summed E-state index contributed by atoms with van der Waals surface area (Å²) in [5.74, 6) is 2.50. The first kappa shape index (κ1) is 12.2. The summed E-state index contributed by atoms with van der Waals surface area (Å²) in [5, 5.41) is 4.01. The zero-order valence-corrected chi connectivity index (χ0v) is 10.7. The van der Waals surface area contributed by atoms with Gasteiger partial charge < -0.3 is 15.2 Å². The topological polar surface area (TPSA) is 75.2 Å². The average molecular weight is 248 g/mol. The van der Waals surface area contributed by atoms with Gasteiger partial charge in [-0.2, -0.15) is 4.98 Å². The van der Waals surface area contributed by atoms with Crippen LogP contribution in [0.2, 0.25) is 0 Å². The van der Waals surface area contributed by atoms with Gasteiger partial charge in [-0.25, -0.2) is 0 Å². The van der Waals surface area contributed by atoms with Crippen molar-refractivity contribution in [2.45, 2.75) is 6.42 Å². The monoisotopic (exact) mass is 248 g/mol. The quantitative estimate of drug-likeness (QED) is 0.873. The Bertz CT molecular complexity index is 551. The van der Waals surface area contributed by atoms with E-state index in [4.69, 9.17) is 15.2 Å². The van der Waals surface area contributed by atoms with Crippen LogP contribution in [0, 0.1) is 0 Å². The molecule has 0 fully saturated rings. The minimum atomic E-state index is 0.285. The van der Waals surface area contributed by atoms with Crippen molar-refractivity contribution in [2.24, 2.45) is 7.05 Å². The van der Waals surface area contributed by atoms with Gasteiger partial charge in [-0.3, -0.25) is 4.68 Å². The van der Waals surface area contributed by atoms with E-state index in [0.717, 1.165) is 11.4 Å². The van der Waals surface area contributed by atoms with E-state index in [1.54, 1.807) is 18.9 Å². The van der Waals surface area contributed by atoms with Crippen molar-refractivity contribution >= 4 is 5.95 Å². The van der Waals surface area contributed by atoms with Gasteiger partial charge in [0.25, 0.3) is 0 Å². The Labute approximate surface area is 105 Å². The minimum Gasteiger partial charge on any atom is -0.493 e. The number of ether oxygens (including phenoxy) is 2. The van der Waals surface area contributed by atoms with Gasteiger partial charge in [-0.15, -0.1) is 5.10 Å². The van der Waals surface area contributed by atoms with Crippen LogP contribution in [0.25, 0.3) is 0 Å². The fourth-order valence-corrected chi connectivity index (χ4v) is 1.77. The molecule has 2 rings (SSSR count). The fourth-order valence-electron chi connectivity index (χ4n) is 1.77. The van der Waals surface area contributed by atoms with Crippen LogP contribution < -0.4 is 15.2 Å². The van der Waals surface area contributed by atoms with Crippen molar-refractivity contribution < 1.29 is 9.47 Å². The molecule has 0 bridgehead atoms. The van der Waals surface area contributed by atoms with Crippen LogP contribution in [0.5, 0.6) is 11.5 Å². The first-order valence-corrected chi connectivity index (χ1v) is 5.50. The highest BCUT2D eigenvalue weighted by Crippen LogP contribution is 2.28. The fraction of sp³-hybridized carbons (Fsp3) is 0.333. The highest BCUT2D eigenvalue weighted by atomic mass is 16.5. The number of nitrogen functional groups attached to an aromatic ring is 1. The number of benzene rings is 1. The summed E-state index contributed by atoms with van der Waals surface area (Å²) in [6.45, 7) is 0. The smallest absolute Gasteiger partial charge is 0.239 e. The second-order valence-corrected chi connectivity index (χ2v) is 3.88. The average Bonchev–Trinajstić information content (AvgIpc) is 2.67. The van der Waals surface area contributed by atoms with E-state index in [0.29, 0.717) is 17.9 Å². The van der Waals surface area contributed by atoms with Crippen LogP contribution in [0.1, 0.15) is 11.4 Å². The maximum atomic E-state index is 5.55. The maximum Gasteiger partial charge on any atom is 0.239 e. The van der Waals surface area contributed by atoms with Crippen LogP contribution >= 0.6 is 0 Å². The zero-order valence-electron chi connectivity index (χ0n) is 10.7. The molecule has 0 aliphatic carbocycles. The molecule has 0 aliphatic rings. The van der Waals surface area contributed by atoms with Gasteiger partial charge in [-0.05, 0) is 17.7 Å². The molecule has 0 saturated heterocycles. The Morgan fingerprint density at radius 3 is 2.50 bits per heavy atom. The maximum absolute atomic E-state index is 5.55. The highest BCUT2D eigenvalue weighted by Gasteiger charge is 2.09. The van der Waals surface area contributed by atoms with Gasteiger partial charge >= 0.3 is 0 Å². The van der Waals surface area contributed by atoms with Crippen LogP contribution in [-0.4, -0.2) is 29.0 Å². The van der Waals surface area contributed by atoms with Crippen molar-refractivity contribution in [3.63, 3.8) is 0 Å². The Hall–Kier alpha value is -2.24. The molecule has 1 aromatic heterocycles. The summed E-state index contributed by atoms with van der Waals surface area (Å²) in [6, 6.07) is 5.75. The Kier molecular flexibility index (Phi) is 3.36. The number of aryl methyl sites for hydroxylation is 1. The number of hydrogen-bond acceptors (Lipinski definition) is 5. The lowest BCUT2D eigenvalue weighted by Gasteiger charge is -2.09. The van der Waals surface area contributed by atoms with E-state index in [1.165, 1.54) is 0 Å². The predicted octanol–water partition coefficient (Wildman–Crippen LogP) is 1.01. The molecule has 6 heteroatoms. The number of nitrogens with zero attached hydrogens (tertiary/aromatic N) is 3. The van der Waals surface area contributed by atoms with Gasteiger partial charge in [0, 0.05) is 13.5 Å². The number of aromatic nitrogens is 3. The number of hydrogen-bond donors (Lipinski definition) is 1. The summed E-state index contributed by atoms with van der Waals surface area (Å²) in [7, 11) is 5.04. The molecule has 2 N–H and O–H groups in total. The lowest BCUT2D eigenvalue weighted by molar-refractivity contribution is 0.354. The Morgan fingerprint density at radius 1 is 1.22 bits per heavy atom. The van der Waals surface area contributed by atoms with E-state index < -0.39 is 0 Å². The lowest BCUT2D eigenvalue weighted by Crippen LogP contribution is -2.01. The molecule has 0 radical (unpaired) electrons. The second-order valence-electron chi connectivity index (χ2n) is 3.88. The molecule has 0 spiro atoms. The minimum absolute atomic E-state index is 0.285. The number of nitrogens with two attached hydrogens (primary N) is 1. The molecule has 6 nitrogen and oxygen atoms in total. The normalized spacial score (nSPS) is 10.4. The Morgan fingerprint density at radius 2 is 1.94 bits per heavy atom. The standard InChI is InChI=1S/C12H16N4O2/c1-16-11(14-12(13)15-16)7-8-4-5-9(17-2)10(6-8)18-3/h4-6H,7H2,1-3H3,(H2,13,15). The van der Waals surface area contributed by atoms with Crippen molar-refractivity contribution in [2.75, 3.05) is 20.0 Å². The lowest BCUT2D eigenvalue weighted by atomic mass is 10.1. The molecule has 0 unspecified atom stereocenters. The molecule has 18 heavy (non-hydrogen) atoms. The molecule has 1 heterocycles. The molecule has 0 saturated carbocycles. The number of anilines is 1. The first-order chi connectivity index (χ1) is 8.63. The first-order valence-electron chi connectivity index (χ1n) is 5.50. The zero-order chi connectivity index (χ0) is 13.1. The van der Waals surface area contributed by atoms with Gasteiger partial charge in [0.15, 0.2) is 11.5 Å². The summed E-state index contributed by atoms with van der Waals surface area (Å²) in [5.41, 5.74) is 6.61. The summed E-state index contributed by atoms with van der Waals surface area (Å²) < 4.78 is 12.1. The third-order valence-electron chi connectivity index (χ3n) is 2.68. The van der Waals surface area contributed by atoms with Crippen molar-refractivity contribution in [1.29, 1.82) is 0 Å².